The molecular weight excluding hydrogens is 256 g/mol. The summed E-state index contributed by atoms with van der Waals surface area (Å²) < 4.78 is 5.23. The summed E-state index contributed by atoms with van der Waals surface area (Å²) in [6.07, 6.45) is 13.4. The van der Waals surface area contributed by atoms with Gasteiger partial charge in [0, 0.05) is 12.0 Å². The first-order valence-electron chi connectivity index (χ1n) is 8.62. The first-order valence-corrected chi connectivity index (χ1v) is 8.62. The van der Waals surface area contributed by atoms with Crippen molar-refractivity contribution in [3.8, 4) is 11.3 Å². The second kappa shape index (κ2) is 5.67. The van der Waals surface area contributed by atoms with Gasteiger partial charge in [-0.05, 0) is 38.5 Å². The van der Waals surface area contributed by atoms with E-state index in [2.05, 4.69) is 45.7 Å². The van der Waals surface area contributed by atoms with Crippen LogP contribution in [0.3, 0.4) is 0 Å². The van der Waals surface area contributed by atoms with Gasteiger partial charge < -0.3 is 0 Å². The quantitative estimate of drug-likeness (QED) is 0.726. The molecule has 0 radical (unpaired) electrons. The van der Waals surface area contributed by atoms with Gasteiger partial charge >= 0.3 is 0 Å². The standard InChI is InChI=1S/C19H25N2/c1-3-9-16(10-4-1)18-15-21(17-11-5-2-6-12-17)19-13-7-8-14-20(18)19/h1,3-4,9-10,15,17H,2,5-8,11-14H2/q+1. The van der Waals surface area contributed by atoms with Crippen molar-refractivity contribution in [1.82, 2.24) is 4.57 Å². The third-order valence-electron chi connectivity index (χ3n) is 5.23. The van der Waals surface area contributed by atoms with Gasteiger partial charge in [-0.2, -0.15) is 0 Å². The number of hydrogen-bond acceptors (Lipinski definition) is 0. The van der Waals surface area contributed by atoms with Gasteiger partial charge in [0.05, 0.1) is 6.54 Å². The van der Waals surface area contributed by atoms with Gasteiger partial charge in [0.15, 0.2) is 5.69 Å². The molecule has 1 saturated carbocycles. The summed E-state index contributed by atoms with van der Waals surface area (Å²) in [5.41, 5.74) is 2.80. The minimum atomic E-state index is 0.746. The zero-order valence-electron chi connectivity index (χ0n) is 12.8. The first-order chi connectivity index (χ1) is 10.4. The van der Waals surface area contributed by atoms with Crippen molar-refractivity contribution in [2.24, 2.45) is 0 Å². The number of aromatic nitrogens is 2. The highest BCUT2D eigenvalue weighted by Gasteiger charge is 2.31. The van der Waals surface area contributed by atoms with E-state index in [0.717, 1.165) is 6.04 Å². The maximum absolute atomic E-state index is 2.64. The molecule has 1 fully saturated rings. The molecule has 0 N–H and O–H groups in total. The topological polar surface area (TPSA) is 8.81 Å². The molecule has 2 aromatic rings. The van der Waals surface area contributed by atoms with E-state index < -0.39 is 0 Å². The fraction of sp³-hybridized carbons (Fsp3) is 0.526. The molecule has 0 unspecified atom stereocenters. The zero-order chi connectivity index (χ0) is 14.1. The van der Waals surface area contributed by atoms with Gasteiger partial charge in [0.1, 0.15) is 12.2 Å². The van der Waals surface area contributed by atoms with Crippen molar-refractivity contribution in [2.75, 3.05) is 0 Å². The molecule has 2 heterocycles. The van der Waals surface area contributed by atoms with Crippen LogP contribution in [0, 0.1) is 0 Å². The van der Waals surface area contributed by atoms with Gasteiger partial charge in [-0.1, -0.05) is 36.8 Å². The van der Waals surface area contributed by atoms with Crippen molar-refractivity contribution in [3.05, 3.63) is 42.4 Å². The van der Waals surface area contributed by atoms with Crippen molar-refractivity contribution in [3.63, 3.8) is 0 Å². The van der Waals surface area contributed by atoms with Crippen LogP contribution in [0.15, 0.2) is 36.5 Å². The average molecular weight is 281 g/mol. The molecular formula is C19H25N2+. The van der Waals surface area contributed by atoms with Crippen LogP contribution in [-0.2, 0) is 13.0 Å². The smallest absolute Gasteiger partial charge is 0.231 e. The summed E-state index contributed by atoms with van der Waals surface area (Å²) in [5, 5.41) is 0. The van der Waals surface area contributed by atoms with Crippen molar-refractivity contribution in [2.45, 2.75) is 64.0 Å². The molecule has 4 rings (SSSR count). The highest BCUT2D eigenvalue weighted by Crippen LogP contribution is 2.29. The Bertz CT molecular complexity index is 606. The molecule has 0 amide bonds. The summed E-state index contributed by atoms with van der Waals surface area (Å²) in [6, 6.07) is 11.7. The fourth-order valence-corrected chi connectivity index (χ4v) is 4.14. The van der Waals surface area contributed by atoms with Crippen molar-refractivity contribution < 1.29 is 4.57 Å². The van der Waals surface area contributed by atoms with Gasteiger partial charge in [0.25, 0.3) is 5.82 Å². The number of nitrogens with zero attached hydrogens (tertiary/aromatic N) is 2. The van der Waals surface area contributed by atoms with Crippen LogP contribution in [0.1, 0.15) is 56.8 Å². The van der Waals surface area contributed by atoms with Crippen LogP contribution in [-0.4, -0.2) is 4.57 Å². The van der Waals surface area contributed by atoms with Gasteiger partial charge in [0.2, 0.25) is 0 Å². The number of rotatable bonds is 2. The third-order valence-corrected chi connectivity index (χ3v) is 5.23. The Morgan fingerprint density at radius 3 is 2.52 bits per heavy atom. The maximum atomic E-state index is 2.64. The van der Waals surface area contributed by atoms with Crippen LogP contribution in [0.5, 0.6) is 0 Å². The molecule has 0 atom stereocenters. The molecule has 0 saturated heterocycles. The Hall–Kier alpha value is -1.57. The predicted molar refractivity (Wildman–Crippen MR) is 85.1 cm³/mol. The number of benzene rings is 1. The van der Waals surface area contributed by atoms with Crippen LogP contribution < -0.4 is 4.57 Å². The van der Waals surface area contributed by atoms with Gasteiger partial charge in [-0.3, -0.25) is 0 Å². The van der Waals surface area contributed by atoms with Crippen LogP contribution in [0.2, 0.25) is 0 Å². The highest BCUT2D eigenvalue weighted by molar-refractivity contribution is 5.58. The number of fused-ring (bicyclic) bond motifs is 1. The fourth-order valence-electron chi connectivity index (χ4n) is 4.14. The Morgan fingerprint density at radius 2 is 1.71 bits per heavy atom. The van der Waals surface area contributed by atoms with E-state index in [1.165, 1.54) is 69.2 Å². The Morgan fingerprint density at radius 1 is 0.905 bits per heavy atom. The SMILES string of the molecule is c1ccc(-c2c[n+](C3CCCCC3)c3n2CCCC3)cc1. The molecule has 21 heavy (non-hydrogen) atoms. The molecule has 110 valence electrons. The summed E-state index contributed by atoms with van der Waals surface area (Å²) >= 11 is 0. The number of imidazole rings is 1. The predicted octanol–water partition coefficient (Wildman–Crippen LogP) is 4.28. The van der Waals surface area contributed by atoms with E-state index in [1.807, 2.05) is 0 Å². The number of hydrogen-bond donors (Lipinski definition) is 0. The van der Waals surface area contributed by atoms with Crippen LogP contribution >= 0.6 is 0 Å². The largest absolute Gasteiger partial charge is 0.257 e. The first kappa shape index (κ1) is 13.1. The Balaban J connectivity index is 1.79. The molecule has 1 aliphatic heterocycles. The molecule has 2 nitrogen and oxygen atoms in total. The minimum Gasteiger partial charge on any atom is -0.231 e. The van der Waals surface area contributed by atoms with Crippen molar-refractivity contribution in [1.29, 1.82) is 0 Å². The van der Waals surface area contributed by atoms with Crippen molar-refractivity contribution >= 4 is 0 Å². The molecule has 1 aromatic heterocycles. The average Bonchev–Trinajstić information content (AvgIpc) is 2.96. The lowest BCUT2D eigenvalue weighted by Crippen LogP contribution is -2.44. The zero-order valence-corrected chi connectivity index (χ0v) is 12.8. The molecule has 2 aliphatic rings. The van der Waals surface area contributed by atoms with E-state index in [9.17, 15) is 0 Å². The normalized spacial score (nSPS) is 19.4. The second-order valence-corrected chi connectivity index (χ2v) is 6.60. The molecule has 1 aromatic carbocycles. The maximum Gasteiger partial charge on any atom is 0.257 e. The second-order valence-electron chi connectivity index (χ2n) is 6.60. The lowest BCUT2D eigenvalue weighted by Gasteiger charge is -2.21. The Labute approximate surface area is 127 Å². The molecule has 2 heteroatoms. The summed E-state index contributed by atoms with van der Waals surface area (Å²) in [6.45, 7) is 1.19. The van der Waals surface area contributed by atoms with E-state index in [-0.39, 0.29) is 0 Å². The summed E-state index contributed by atoms with van der Waals surface area (Å²) in [7, 11) is 0. The lowest BCUT2D eigenvalue weighted by atomic mass is 9.95. The minimum absolute atomic E-state index is 0.746. The monoisotopic (exact) mass is 281 g/mol. The lowest BCUT2D eigenvalue weighted by molar-refractivity contribution is -0.732. The van der Waals surface area contributed by atoms with Crippen LogP contribution in [0.4, 0.5) is 0 Å². The molecule has 1 aliphatic carbocycles. The van der Waals surface area contributed by atoms with Gasteiger partial charge in [-0.25, -0.2) is 9.13 Å². The van der Waals surface area contributed by atoms with E-state index in [1.54, 1.807) is 5.82 Å². The Kier molecular flexibility index (Phi) is 3.54. The summed E-state index contributed by atoms with van der Waals surface area (Å²) in [4.78, 5) is 0. The van der Waals surface area contributed by atoms with Crippen LogP contribution in [0.25, 0.3) is 11.3 Å². The van der Waals surface area contributed by atoms with Gasteiger partial charge in [-0.15, -0.1) is 0 Å². The summed E-state index contributed by atoms with van der Waals surface area (Å²) in [5.74, 6) is 1.58. The highest BCUT2D eigenvalue weighted by atomic mass is 15.2. The van der Waals surface area contributed by atoms with E-state index in [0.29, 0.717) is 0 Å². The van der Waals surface area contributed by atoms with E-state index >= 15 is 0 Å². The third kappa shape index (κ3) is 2.41. The molecule has 0 bridgehead atoms. The molecule has 0 spiro atoms. The van der Waals surface area contributed by atoms with E-state index in [4.69, 9.17) is 0 Å².